The topological polar surface area (TPSA) is 46.3 Å². The first kappa shape index (κ1) is 15.8. The SMILES string of the molecule is CC(N)CCCC(C)C(=O)N1CCC2(CCCC2)CC1. The lowest BCUT2D eigenvalue weighted by Crippen LogP contribution is -2.44. The van der Waals surface area contributed by atoms with Gasteiger partial charge in [-0.05, 0) is 50.9 Å². The molecule has 1 spiro atoms. The lowest BCUT2D eigenvalue weighted by Gasteiger charge is -2.40. The molecule has 116 valence electrons. The van der Waals surface area contributed by atoms with Crippen molar-refractivity contribution in [1.82, 2.24) is 4.90 Å². The fourth-order valence-corrected chi connectivity index (χ4v) is 4.01. The van der Waals surface area contributed by atoms with Gasteiger partial charge in [-0.3, -0.25) is 4.79 Å². The molecule has 0 aromatic heterocycles. The van der Waals surface area contributed by atoms with Gasteiger partial charge in [0.1, 0.15) is 0 Å². The number of likely N-dealkylation sites (tertiary alicyclic amines) is 1. The first-order valence-corrected chi connectivity index (χ1v) is 8.57. The van der Waals surface area contributed by atoms with Gasteiger partial charge in [0.2, 0.25) is 5.91 Å². The van der Waals surface area contributed by atoms with Crippen LogP contribution < -0.4 is 5.73 Å². The largest absolute Gasteiger partial charge is 0.342 e. The minimum atomic E-state index is 0.173. The Morgan fingerprint density at radius 2 is 1.70 bits per heavy atom. The Bertz CT molecular complexity index is 311. The van der Waals surface area contributed by atoms with E-state index in [9.17, 15) is 4.79 Å². The molecule has 0 aromatic rings. The van der Waals surface area contributed by atoms with Crippen molar-refractivity contribution in [2.75, 3.05) is 13.1 Å². The Balaban J connectivity index is 1.73. The highest BCUT2D eigenvalue weighted by atomic mass is 16.2. The molecule has 2 fully saturated rings. The molecule has 2 aliphatic rings. The number of hydrogen-bond acceptors (Lipinski definition) is 2. The maximum Gasteiger partial charge on any atom is 0.225 e. The fraction of sp³-hybridized carbons (Fsp3) is 0.941. The summed E-state index contributed by atoms with van der Waals surface area (Å²) in [4.78, 5) is 14.6. The summed E-state index contributed by atoms with van der Waals surface area (Å²) in [7, 11) is 0. The molecule has 1 heterocycles. The molecule has 2 rings (SSSR count). The summed E-state index contributed by atoms with van der Waals surface area (Å²) in [6.45, 7) is 6.12. The molecule has 1 saturated heterocycles. The van der Waals surface area contributed by atoms with Crippen LogP contribution in [0.5, 0.6) is 0 Å². The van der Waals surface area contributed by atoms with E-state index in [1.807, 2.05) is 6.92 Å². The van der Waals surface area contributed by atoms with Crippen molar-refractivity contribution in [2.45, 2.75) is 77.7 Å². The van der Waals surface area contributed by atoms with E-state index in [-0.39, 0.29) is 12.0 Å². The molecule has 0 aromatic carbocycles. The lowest BCUT2D eigenvalue weighted by atomic mass is 9.77. The van der Waals surface area contributed by atoms with Crippen LogP contribution in [0.15, 0.2) is 0 Å². The van der Waals surface area contributed by atoms with Crippen molar-refractivity contribution in [2.24, 2.45) is 17.1 Å². The highest BCUT2D eigenvalue weighted by Gasteiger charge is 2.38. The van der Waals surface area contributed by atoms with Crippen LogP contribution in [-0.2, 0) is 4.79 Å². The van der Waals surface area contributed by atoms with E-state index in [0.29, 0.717) is 11.3 Å². The summed E-state index contributed by atoms with van der Waals surface area (Å²) >= 11 is 0. The summed E-state index contributed by atoms with van der Waals surface area (Å²) in [6, 6.07) is 0.259. The standard InChI is InChI=1S/C17H32N2O/c1-14(6-5-7-15(2)18)16(20)19-12-10-17(11-13-19)8-3-4-9-17/h14-15H,3-13,18H2,1-2H3. The fourth-order valence-electron chi connectivity index (χ4n) is 4.01. The van der Waals surface area contributed by atoms with Gasteiger partial charge in [0.15, 0.2) is 0 Å². The molecule has 1 aliphatic heterocycles. The molecule has 2 unspecified atom stereocenters. The minimum Gasteiger partial charge on any atom is -0.342 e. The van der Waals surface area contributed by atoms with Gasteiger partial charge in [-0.15, -0.1) is 0 Å². The molecule has 3 heteroatoms. The van der Waals surface area contributed by atoms with Crippen LogP contribution in [0.25, 0.3) is 0 Å². The van der Waals surface area contributed by atoms with Gasteiger partial charge in [0.25, 0.3) is 0 Å². The molecule has 1 amide bonds. The molecule has 20 heavy (non-hydrogen) atoms. The molecular formula is C17H32N2O. The zero-order valence-electron chi connectivity index (χ0n) is 13.4. The molecule has 3 nitrogen and oxygen atoms in total. The van der Waals surface area contributed by atoms with Gasteiger partial charge in [-0.25, -0.2) is 0 Å². The van der Waals surface area contributed by atoms with E-state index < -0.39 is 0 Å². The van der Waals surface area contributed by atoms with Crippen molar-refractivity contribution in [3.05, 3.63) is 0 Å². The predicted molar refractivity (Wildman–Crippen MR) is 83.4 cm³/mol. The third-order valence-corrected chi connectivity index (χ3v) is 5.52. The second kappa shape index (κ2) is 6.93. The Morgan fingerprint density at radius 1 is 1.10 bits per heavy atom. The summed E-state index contributed by atoms with van der Waals surface area (Å²) < 4.78 is 0. The quantitative estimate of drug-likeness (QED) is 0.839. The maximum atomic E-state index is 12.5. The van der Waals surface area contributed by atoms with Crippen molar-refractivity contribution in [3.63, 3.8) is 0 Å². The Hall–Kier alpha value is -0.570. The number of nitrogens with zero attached hydrogens (tertiary/aromatic N) is 1. The predicted octanol–water partition coefficient (Wildman–Crippen LogP) is 3.32. The Labute approximate surface area is 124 Å². The van der Waals surface area contributed by atoms with Gasteiger partial charge in [-0.2, -0.15) is 0 Å². The zero-order chi connectivity index (χ0) is 14.6. The highest BCUT2D eigenvalue weighted by Crippen LogP contribution is 2.46. The third-order valence-electron chi connectivity index (χ3n) is 5.52. The number of nitrogens with two attached hydrogens (primary N) is 1. The number of piperidine rings is 1. The molecular weight excluding hydrogens is 248 g/mol. The average molecular weight is 280 g/mol. The van der Waals surface area contributed by atoms with Crippen molar-refractivity contribution < 1.29 is 4.79 Å². The summed E-state index contributed by atoms with van der Waals surface area (Å²) in [5.41, 5.74) is 6.37. The molecule has 0 radical (unpaired) electrons. The van der Waals surface area contributed by atoms with E-state index in [0.717, 1.165) is 32.4 Å². The van der Waals surface area contributed by atoms with Crippen LogP contribution in [0, 0.1) is 11.3 Å². The molecule has 0 bridgehead atoms. The summed E-state index contributed by atoms with van der Waals surface area (Å²) in [6.07, 6.45) is 11.2. The second-order valence-electron chi connectivity index (χ2n) is 7.34. The Kier molecular flexibility index (Phi) is 5.48. The number of carbonyl (C=O) groups excluding carboxylic acids is 1. The van der Waals surface area contributed by atoms with Crippen molar-refractivity contribution in [1.29, 1.82) is 0 Å². The van der Waals surface area contributed by atoms with Gasteiger partial charge in [0, 0.05) is 25.0 Å². The number of amides is 1. The smallest absolute Gasteiger partial charge is 0.225 e. The number of rotatable bonds is 5. The van der Waals surface area contributed by atoms with E-state index in [4.69, 9.17) is 5.73 Å². The zero-order valence-corrected chi connectivity index (χ0v) is 13.4. The van der Waals surface area contributed by atoms with Crippen LogP contribution >= 0.6 is 0 Å². The highest BCUT2D eigenvalue weighted by molar-refractivity contribution is 5.78. The normalized spacial score (nSPS) is 24.9. The maximum absolute atomic E-state index is 12.5. The van der Waals surface area contributed by atoms with E-state index >= 15 is 0 Å². The number of carbonyl (C=O) groups is 1. The van der Waals surface area contributed by atoms with E-state index in [1.165, 1.54) is 38.5 Å². The van der Waals surface area contributed by atoms with Crippen LogP contribution in [0.1, 0.15) is 71.6 Å². The van der Waals surface area contributed by atoms with Crippen LogP contribution in [0.4, 0.5) is 0 Å². The lowest BCUT2D eigenvalue weighted by molar-refractivity contribution is -0.137. The first-order chi connectivity index (χ1) is 9.52. The summed E-state index contributed by atoms with van der Waals surface area (Å²) in [5.74, 6) is 0.550. The van der Waals surface area contributed by atoms with Gasteiger partial charge in [0.05, 0.1) is 0 Å². The Morgan fingerprint density at radius 3 is 2.25 bits per heavy atom. The van der Waals surface area contributed by atoms with Gasteiger partial charge in [-0.1, -0.05) is 26.2 Å². The van der Waals surface area contributed by atoms with Gasteiger partial charge < -0.3 is 10.6 Å². The van der Waals surface area contributed by atoms with E-state index in [2.05, 4.69) is 11.8 Å². The second-order valence-corrected chi connectivity index (χ2v) is 7.34. The monoisotopic (exact) mass is 280 g/mol. The van der Waals surface area contributed by atoms with Gasteiger partial charge >= 0.3 is 0 Å². The van der Waals surface area contributed by atoms with Crippen LogP contribution in [0.2, 0.25) is 0 Å². The van der Waals surface area contributed by atoms with Crippen molar-refractivity contribution in [3.8, 4) is 0 Å². The van der Waals surface area contributed by atoms with Crippen molar-refractivity contribution >= 4 is 5.91 Å². The third kappa shape index (κ3) is 3.97. The first-order valence-electron chi connectivity index (χ1n) is 8.57. The minimum absolute atomic E-state index is 0.173. The van der Waals surface area contributed by atoms with Crippen LogP contribution in [-0.4, -0.2) is 29.9 Å². The van der Waals surface area contributed by atoms with E-state index in [1.54, 1.807) is 0 Å². The average Bonchev–Trinajstić information content (AvgIpc) is 2.86. The molecule has 2 N–H and O–H groups in total. The number of hydrogen-bond donors (Lipinski definition) is 1. The molecule has 1 aliphatic carbocycles. The summed E-state index contributed by atoms with van der Waals surface area (Å²) in [5, 5.41) is 0. The molecule has 1 saturated carbocycles. The molecule has 2 atom stereocenters. The van der Waals surface area contributed by atoms with Crippen LogP contribution in [0.3, 0.4) is 0 Å².